The van der Waals surface area contributed by atoms with Crippen LogP contribution in [0.25, 0.3) is 0 Å². The Morgan fingerprint density at radius 3 is 2.38 bits per heavy atom. The van der Waals surface area contributed by atoms with Crippen molar-refractivity contribution in [1.29, 1.82) is 0 Å². The molecule has 1 aromatic rings. The molecule has 0 unspecified atom stereocenters. The standard InChI is InChI=1S/C13H17NO2/c1-13(2,3)11-10(14-12(15)16-11)9-7-5-4-6-8-9/h4-8,10-11H,1-3H3,(H,14,15)/t10-,11-/m0/s1. The number of alkyl carbamates (subject to hydrolysis) is 1. The zero-order valence-electron chi connectivity index (χ0n) is 9.86. The first-order chi connectivity index (χ1) is 7.48. The van der Waals surface area contributed by atoms with E-state index in [2.05, 4.69) is 26.1 Å². The third-order valence-electron chi connectivity index (χ3n) is 2.82. The molecule has 0 spiro atoms. The van der Waals surface area contributed by atoms with Crippen LogP contribution in [0.2, 0.25) is 0 Å². The van der Waals surface area contributed by atoms with Crippen LogP contribution in [0.4, 0.5) is 4.79 Å². The van der Waals surface area contributed by atoms with Crippen LogP contribution in [-0.4, -0.2) is 12.2 Å². The Morgan fingerprint density at radius 2 is 1.81 bits per heavy atom. The molecular weight excluding hydrogens is 202 g/mol. The Kier molecular flexibility index (Phi) is 2.62. The van der Waals surface area contributed by atoms with Gasteiger partial charge in [-0.3, -0.25) is 0 Å². The molecule has 1 saturated heterocycles. The lowest BCUT2D eigenvalue weighted by Crippen LogP contribution is -2.33. The van der Waals surface area contributed by atoms with E-state index in [0.29, 0.717) is 0 Å². The summed E-state index contributed by atoms with van der Waals surface area (Å²) in [6.45, 7) is 6.23. The minimum absolute atomic E-state index is 0.0475. The zero-order chi connectivity index (χ0) is 11.8. The molecule has 0 radical (unpaired) electrons. The minimum atomic E-state index is -0.325. The fraction of sp³-hybridized carbons (Fsp3) is 0.462. The average molecular weight is 219 g/mol. The van der Waals surface area contributed by atoms with Gasteiger partial charge in [0.05, 0.1) is 6.04 Å². The lowest BCUT2D eigenvalue weighted by atomic mass is 9.82. The molecule has 0 aromatic heterocycles. The quantitative estimate of drug-likeness (QED) is 0.788. The summed E-state index contributed by atoms with van der Waals surface area (Å²) in [5.41, 5.74) is 1.02. The van der Waals surface area contributed by atoms with Crippen molar-refractivity contribution in [1.82, 2.24) is 5.32 Å². The van der Waals surface area contributed by atoms with Gasteiger partial charge in [0, 0.05) is 5.41 Å². The second-order valence-electron chi connectivity index (χ2n) is 5.22. The lowest BCUT2D eigenvalue weighted by Gasteiger charge is -2.29. The van der Waals surface area contributed by atoms with Gasteiger partial charge < -0.3 is 10.1 Å². The summed E-state index contributed by atoms with van der Waals surface area (Å²) in [7, 11) is 0. The highest BCUT2D eigenvalue weighted by Gasteiger charge is 2.42. The van der Waals surface area contributed by atoms with Gasteiger partial charge in [-0.15, -0.1) is 0 Å². The highest BCUT2D eigenvalue weighted by Crippen LogP contribution is 2.36. The number of amides is 1. The van der Waals surface area contributed by atoms with Crippen molar-refractivity contribution in [2.45, 2.75) is 32.9 Å². The molecule has 1 fully saturated rings. The monoisotopic (exact) mass is 219 g/mol. The van der Waals surface area contributed by atoms with E-state index < -0.39 is 0 Å². The van der Waals surface area contributed by atoms with E-state index in [9.17, 15) is 4.79 Å². The first kappa shape index (κ1) is 11.0. The van der Waals surface area contributed by atoms with Crippen molar-refractivity contribution in [3.05, 3.63) is 35.9 Å². The number of benzene rings is 1. The zero-order valence-corrected chi connectivity index (χ0v) is 9.86. The predicted octanol–water partition coefficient (Wildman–Crippen LogP) is 2.88. The first-order valence-corrected chi connectivity index (χ1v) is 5.50. The summed E-state index contributed by atoms with van der Waals surface area (Å²) in [5, 5.41) is 2.87. The smallest absolute Gasteiger partial charge is 0.408 e. The van der Waals surface area contributed by atoms with Gasteiger partial charge in [-0.25, -0.2) is 4.79 Å². The predicted molar refractivity (Wildman–Crippen MR) is 62.0 cm³/mol. The molecule has 1 aliphatic rings. The van der Waals surface area contributed by atoms with Crippen LogP contribution in [0, 0.1) is 5.41 Å². The summed E-state index contributed by atoms with van der Waals surface area (Å²) >= 11 is 0. The van der Waals surface area contributed by atoms with Crippen molar-refractivity contribution in [2.24, 2.45) is 5.41 Å². The van der Waals surface area contributed by atoms with E-state index in [-0.39, 0.29) is 23.7 Å². The van der Waals surface area contributed by atoms with Crippen molar-refractivity contribution in [3.8, 4) is 0 Å². The number of nitrogens with one attached hydrogen (secondary N) is 1. The second-order valence-corrected chi connectivity index (χ2v) is 5.22. The maximum Gasteiger partial charge on any atom is 0.408 e. The molecule has 0 aliphatic carbocycles. The van der Waals surface area contributed by atoms with E-state index in [0.717, 1.165) is 5.56 Å². The molecule has 16 heavy (non-hydrogen) atoms. The van der Waals surface area contributed by atoms with Gasteiger partial charge in [0.2, 0.25) is 0 Å². The van der Waals surface area contributed by atoms with E-state index in [1.807, 2.05) is 30.3 Å². The van der Waals surface area contributed by atoms with Gasteiger partial charge in [-0.2, -0.15) is 0 Å². The summed E-state index contributed by atoms with van der Waals surface area (Å²) < 4.78 is 5.34. The SMILES string of the molecule is CC(C)(C)[C@H]1OC(=O)N[C@H]1c1ccccc1. The molecule has 2 atom stereocenters. The van der Waals surface area contributed by atoms with Crippen LogP contribution in [0.5, 0.6) is 0 Å². The van der Waals surface area contributed by atoms with E-state index >= 15 is 0 Å². The molecule has 1 heterocycles. The van der Waals surface area contributed by atoms with E-state index in [4.69, 9.17) is 4.74 Å². The summed E-state index contributed by atoms with van der Waals surface area (Å²) in [5.74, 6) is 0. The average Bonchev–Trinajstić information content (AvgIpc) is 2.61. The number of carbonyl (C=O) groups is 1. The molecule has 86 valence electrons. The summed E-state index contributed by atoms with van der Waals surface area (Å²) in [6, 6.07) is 9.89. The molecule has 1 aliphatic heterocycles. The summed E-state index contributed by atoms with van der Waals surface area (Å²) in [6.07, 6.45) is -0.448. The third kappa shape index (κ3) is 2.03. The number of carbonyl (C=O) groups excluding carboxylic acids is 1. The fourth-order valence-corrected chi connectivity index (χ4v) is 2.02. The van der Waals surface area contributed by atoms with Crippen LogP contribution in [-0.2, 0) is 4.74 Å². The molecular formula is C13H17NO2. The number of rotatable bonds is 1. The van der Waals surface area contributed by atoms with Crippen LogP contribution in [0.15, 0.2) is 30.3 Å². The number of ether oxygens (including phenoxy) is 1. The van der Waals surface area contributed by atoms with Gasteiger partial charge in [0.15, 0.2) is 0 Å². The lowest BCUT2D eigenvalue weighted by molar-refractivity contribution is 0.0558. The van der Waals surface area contributed by atoms with Gasteiger partial charge in [0.25, 0.3) is 0 Å². The van der Waals surface area contributed by atoms with E-state index in [1.54, 1.807) is 0 Å². The fourth-order valence-electron chi connectivity index (χ4n) is 2.02. The van der Waals surface area contributed by atoms with Crippen molar-refractivity contribution < 1.29 is 9.53 Å². The highest BCUT2D eigenvalue weighted by molar-refractivity contribution is 5.71. The third-order valence-corrected chi connectivity index (χ3v) is 2.82. The Bertz CT molecular complexity index is 381. The number of cyclic esters (lactones) is 1. The number of hydrogen-bond donors (Lipinski definition) is 1. The van der Waals surface area contributed by atoms with Gasteiger partial charge in [0.1, 0.15) is 6.10 Å². The Hall–Kier alpha value is -1.51. The Balaban J connectivity index is 2.30. The van der Waals surface area contributed by atoms with Crippen LogP contribution in [0.3, 0.4) is 0 Å². The Morgan fingerprint density at radius 1 is 1.19 bits per heavy atom. The molecule has 1 aromatic carbocycles. The molecule has 3 heteroatoms. The maximum atomic E-state index is 11.4. The van der Waals surface area contributed by atoms with Gasteiger partial charge >= 0.3 is 6.09 Å². The number of hydrogen-bond acceptors (Lipinski definition) is 2. The van der Waals surface area contributed by atoms with Crippen molar-refractivity contribution >= 4 is 6.09 Å². The maximum absolute atomic E-state index is 11.4. The largest absolute Gasteiger partial charge is 0.443 e. The normalized spacial score (nSPS) is 25.1. The molecule has 0 saturated carbocycles. The summed E-state index contributed by atoms with van der Waals surface area (Å²) in [4.78, 5) is 11.4. The molecule has 1 N–H and O–H groups in total. The molecule has 0 bridgehead atoms. The van der Waals surface area contributed by atoms with Gasteiger partial charge in [-0.05, 0) is 5.56 Å². The minimum Gasteiger partial charge on any atom is -0.443 e. The van der Waals surface area contributed by atoms with Crippen LogP contribution in [0.1, 0.15) is 32.4 Å². The topological polar surface area (TPSA) is 38.3 Å². The van der Waals surface area contributed by atoms with Gasteiger partial charge in [-0.1, -0.05) is 51.1 Å². The second kappa shape index (κ2) is 3.81. The van der Waals surface area contributed by atoms with Crippen LogP contribution < -0.4 is 5.32 Å². The molecule has 1 amide bonds. The highest BCUT2D eigenvalue weighted by atomic mass is 16.6. The first-order valence-electron chi connectivity index (χ1n) is 5.50. The van der Waals surface area contributed by atoms with E-state index in [1.165, 1.54) is 0 Å². The molecule has 3 nitrogen and oxygen atoms in total. The van der Waals surface area contributed by atoms with Crippen molar-refractivity contribution in [3.63, 3.8) is 0 Å². The van der Waals surface area contributed by atoms with Crippen molar-refractivity contribution in [2.75, 3.05) is 0 Å². The Labute approximate surface area is 95.8 Å². The molecule has 2 rings (SSSR count). The van der Waals surface area contributed by atoms with Crippen LogP contribution >= 0.6 is 0 Å².